The lowest BCUT2D eigenvalue weighted by atomic mass is 9.64. The first-order valence-electron chi connectivity index (χ1n) is 13.7. The van der Waals surface area contributed by atoms with Crippen LogP contribution in [0.25, 0.3) is 11.6 Å². The molecule has 2 aromatic rings. The second kappa shape index (κ2) is 9.74. The summed E-state index contributed by atoms with van der Waals surface area (Å²) in [7, 11) is 2.15. The molecular weight excluding hydrogens is 458 g/mol. The first kappa shape index (κ1) is 23.9. The van der Waals surface area contributed by atoms with Crippen molar-refractivity contribution in [1.82, 2.24) is 20.0 Å². The van der Waals surface area contributed by atoms with Crippen LogP contribution in [0.5, 0.6) is 5.88 Å². The lowest BCUT2D eigenvalue weighted by Gasteiger charge is -2.37. The molecule has 194 valence electrons. The van der Waals surface area contributed by atoms with Crippen LogP contribution in [0.15, 0.2) is 10.6 Å². The summed E-state index contributed by atoms with van der Waals surface area (Å²) in [6, 6.07) is 2.44. The van der Waals surface area contributed by atoms with Crippen molar-refractivity contribution in [1.29, 1.82) is 0 Å². The molecule has 0 radical (unpaired) electrons. The number of carbonyl (C=O) groups excluding carboxylic acids is 1. The molecule has 1 saturated carbocycles. The topological polar surface area (TPSA) is 103 Å². The number of rotatable bonds is 6. The van der Waals surface area contributed by atoms with Crippen molar-refractivity contribution in [3.05, 3.63) is 17.3 Å². The molecule has 2 aromatic heterocycles. The quantitative estimate of drug-likeness (QED) is 0.639. The molecule has 0 unspecified atom stereocenters. The Bertz CT molecular complexity index is 1110. The van der Waals surface area contributed by atoms with E-state index in [-0.39, 0.29) is 12.1 Å². The molecule has 0 amide bonds. The number of likely N-dealkylation sites (N-methyl/N-ethyl adjacent to an activating group) is 1. The maximum absolute atomic E-state index is 13.1. The molecule has 0 bridgehead atoms. The van der Waals surface area contributed by atoms with Crippen LogP contribution in [0.3, 0.4) is 0 Å². The van der Waals surface area contributed by atoms with Crippen molar-refractivity contribution >= 4 is 11.6 Å². The Hall–Kier alpha value is -2.52. The first-order chi connectivity index (χ1) is 17.5. The summed E-state index contributed by atoms with van der Waals surface area (Å²) in [6.07, 6.45) is 9.36. The summed E-state index contributed by atoms with van der Waals surface area (Å²) in [5.74, 6) is 2.57. The molecule has 2 aliphatic carbocycles. The van der Waals surface area contributed by atoms with Gasteiger partial charge in [-0.15, -0.1) is 0 Å². The van der Waals surface area contributed by atoms with E-state index in [0.29, 0.717) is 48.1 Å². The van der Waals surface area contributed by atoms with E-state index in [4.69, 9.17) is 24.0 Å². The van der Waals surface area contributed by atoms with Crippen LogP contribution in [-0.4, -0.2) is 70.8 Å². The van der Waals surface area contributed by atoms with Crippen LogP contribution in [0.1, 0.15) is 76.0 Å². The van der Waals surface area contributed by atoms with Crippen LogP contribution in [0, 0.1) is 0 Å². The number of Topliss-reactive ketones (excluding diaryl/α,β-unsaturated/α-hetero) is 1. The number of hydrogen-bond acceptors (Lipinski definition) is 9. The Balaban J connectivity index is 1.35. The zero-order chi connectivity index (χ0) is 24.7. The maximum Gasteiger partial charge on any atom is 0.219 e. The van der Waals surface area contributed by atoms with E-state index in [1.165, 1.54) is 6.42 Å². The molecule has 2 saturated heterocycles. The number of nitrogens with zero attached hydrogens (tertiary/aromatic N) is 4. The predicted octanol–water partition coefficient (Wildman–Crippen LogP) is 3.91. The van der Waals surface area contributed by atoms with Crippen LogP contribution in [-0.2, 0) is 21.4 Å². The number of aromatic nitrogens is 3. The van der Waals surface area contributed by atoms with Gasteiger partial charge in [0.05, 0.1) is 18.1 Å². The summed E-state index contributed by atoms with van der Waals surface area (Å²) in [5.41, 5.74) is 1.32. The second-order valence-electron chi connectivity index (χ2n) is 11.0. The number of fused-ring (bicyclic) bond motifs is 2. The zero-order valence-electron chi connectivity index (χ0n) is 21.4. The highest BCUT2D eigenvalue weighted by Crippen LogP contribution is 2.47. The SMILES string of the molecule is C[C@H](Oc1cc(N[C@H]2CCOC2)nc(-c2onc3c2CCC[C@@]32CCCCC2=O)n1)[C@@H]1CCCN1C. The predicted molar refractivity (Wildman–Crippen MR) is 134 cm³/mol. The van der Waals surface area contributed by atoms with Crippen molar-refractivity contribution in [2.75, 3.05) is 32.1 Å². The fourth-order valence-corrected chi connectivity index (χ4v) is 6.70. The van der Waals surface area contributed by atoms with Gasteiger partial charge in [0.15, 0.2) is 0 Å². The average molecular weight is 496 g/mol. The van der Waals surface area contributed by atoms with Crippen molar-refractivity contribution in [3.63, 3.8) is 0 Å². The summed E-state index contributed by atoms with van der Waals surface area (Å²) >= 11 is 0. The number of anilines is 1. The van der Waals surface area contributed by atoms with E-state index in [1.807, 2.05) is 6.07 Å². The molecular formula is C27H37N5O4. The minimum atomic E-state index is -0.495. The molecule has 1 spiro atoms. The van der Waals surface area contributed by atoms with Gasteiger partial charge in [0.2, 0.25) is 17.5 Å². The van der Waals surface area contributed by atoms with Crippen LogP contribution < -0.4 is 10.1 Å². The molecule has 4 aliphatic rings. The van der Waals surface area contributed by atoms with Gasteiger partial charge in [-0.1, -0.05) is 11.6 Å². The van der Waals surface area contributed by atoms with Crippen molar-refractivity contribution in [2.24, 2.45) is 0 Å². The monoisotopic (exact) mass is 495 g/mol. The number of hydrogen-bond donors (Lipinski definition) is 1. The Labute approximate surface area is 212 Å². The Morgan fingerprint density at radius 3 is 2.83 bits per heavy atom. The largest absolute Gasteiger partial charge is 0.473 e. The maximum atomic E-state index is 13.1. The number of nitrogens with one attached hydrogen (secondary N) is 1. The van der Waals surface area contributed by atoms with Crippen LogP contribution in [0.4, 0.5) is 5.82 Å². The van der Waals surface area contributed by atoms with E-state index in [2.05, 4.69) is 29.3 Å². The third-order valence-corrected chi connectivity index (χ3v) is 8.68. The lowest BCUT2D eigenvalue weighted by molar-refractivity contribution is -0.127. The van der Waals surface area contributed by atoms with E-state index in [1.54, 1.807) is 0 Å². The zero-order valence-corrected chi connectivity index (χ0v) is 21.4. The molecule has 2 aliphatic heterocycles. The minimum absolute atomic E-state index is 0.00492. The highest BCUT2D eigenvalue weighted by atomic mass is 16.5. The summed E-state index contributed by atoms with van der Waals surface area (Å²) in [6.45, 7) is 4.60. The first-order valence-corrected chi connectivity index (χ1v) is 13.7. The summed E-state index contributed by atoms with van der Waals surface area (Å²) in [5, 5.41) is 7.99. The van der Waals surface area contributed by atoms with Gasteiger partial charge in [-0.3, -0.25) is 9.69 Å². The molecule has 0 aromatic carbocycles. The third kappa shape index (κ3) is 4.30. The van der Waals surface area contributed by atoms with Gasteiger partial charge >= 0.3 is 0 Å². The molecule has 3 fully saturated rings. The van der Waals surface area contributed by atoms with Crippen molar-refractivity contribution < 1.29 is 18.8 Å². The standard InChI is InChI=1S/C27H37N5O4/c1-17(20-8-6-13-32(20)2)35-23-15-22(28-18-10-14-34-16-18)29-26(30-23)24-19-7-5-12-27(25(19)31-36-24)11-4-3-9-21(27)33/h15,17-18,20H,3-14,16H2,1-2H3,(H,28,29,30)/t17-,18-,20-,27+/m0/s1. The average Bonchev–Trinajstić information content (AvgIpc) is 3.62. The highest BCUT2D eigenvalue weighted by molar-refractivity contribution is 5.91. The van der Waals surface area contributed by atoms with Gasteiger partial charge in [0, 0.05) is 30.7 Å². The third-order valence-electron chi connectivity index (χ3n) is 8.68. The highest BCUT2D eigenvalue weighted by Gasteiger charge is 2.48. The smallest absolute Gasteiger partial charge is 0.219 e. The van der Waals surface area contributed by atoms with Crippen LogP contribution in [0.2, 0.25) is 0 Å². The van der Waals surface area contributed by atoms with Crippen molar-refractivity contribution in [2.45, 2.75) is 94.7 Å². The summed E-state index contributed by atoms with van der Waals surface area (Å²) in [4.78, 5) is 25.1. The Morgan fingerprint density at radius 1 is 1.17 bits per heavy atom. The van der Waals surface area contributed by atoms with Gasteiger partial charge in [-0.25, -0.2) is 4.98 Å². The fraction of sp³-hybridized carbons (Fsp3) is 0.704. The second-order valence-corrected chi connectivity index (χ2v) is 11.0. The molecule has 1 N–H and O–H groups in total. The van der Waals surface area contributed by atoms with E-state index in [0.717, 1.165) is 75.8 Å². The number of ketones is 1. The Morgan fingerprint density at radius 2 is 2.06 bits per heavy atom. The van der Waals surface area contributed by atoms with Gasteiger partial charge in [-0.2, -0.15) is 4.98 Å². The number of ether oxygens (including phenoxy) is 2. The number of likely N-dealkylation sites (tertiary alicyclic amines) is 1. The molecule has 36 heavy (non-hydrogen) atoms. The molecule has 6 rings (SSSR count). The van der Waals surface area contributed by atoms with Gasteiger partial charge in [0.1, 0.15) is 23.4 Å². The molecule has 4 heterocycles. The Kier molecular flexibility index (Phi) is 6.46. The lowest BCUT2D eigenvalue weighted by Crippen LogP contribution is -2.41. The van der Waals surface area contributed by atoms with Crippen molar-refractivity contribution in [3.8, 4) is 17.5 Å². The van der Waals surface area contributed by atoms with Gasteiger partial charge < -0.3 is 19.3 Å². The molecule has 9 heteroatoms. The van der Waals surface area contributed by atoms with Crippen LogP contribution >= 0.6 is 0 Å². The summed E-state index contributed by atoms with van der Waals surface area (Å²) < 4.78 is 17.9. The number of carbonyl (C=O) groups is 1. The van der Waals surface area contributed by atoms with Gasteiger partial charge in [-0.05, 0) is 71.9 Å². The van der Waals surface area contributed by atoms with E-state index in [9.17, 15) is 4.79 Å². The normalized spacial score (nSPS) is 29.4. The molecule has 9 nitrogen and oxygen atoms in total. The molecule has 4 atom stereocenters. The van der Waals surface area contributed by atoms with Gasteiger partial charge in [0.25, 0.3) is 0 Å². The van der Waals surface area contributed by atoms with E-state index >= 15 is 0 Å². The fourth-order valence-electron chi connectivity index (χ4n) is 6.70. The minimum Gasteiger partial charge on any atom is -0.473 e. The van der Waals surface area contributed by atoms with E-state index < -0.39 is 5.41 Å².